The van der Waals surface area contributed by atoms with E-state index in [-0.39, 0.29) is 18.2 Å². The molecule has 0 aliphatic rings. The number of anilines is 1. The van der Waals surface area contributed by atoms with Crippen molar-refractivity contribution in [2.45, 2.75) is 12.5 Å². The molecule has 1 atom stereocenters. The fourth-order valence-corrected chi connectivity index (χ4v) is 1.42. The van der Waals surface area contributed by atoms with E-state index in [2.05, 4.69) is 30.5 Å². The first-order chi connectivity index (χ1) is 9.06. The Kier molecular flexibility index (Phi) is 3.41. The number of imidazole rings is 1. The molecule has 1 amide bonds. The van der Waals surface area contributed by atoms with Crippen LogP contribution in [0.5, 0.6) is 0 Å². The van der Waals surface area contributed by atoms with E-state index in [0.29, 0.717) is 5.69 Å². The zero-order valence-electron chi connectivity index (χ0n) is 9.62. The van der Waals surface area contributed by atoms with Gasteiger partial charge in [-0.25, -0.2) is 9.78 Å². The van der Waals surface area contributed by atoms with Crippen molar-refractivity contribution in [3.05, 3.63) is 24.0 Å². The average molecular weight is 265 g/mol. The zero-order valence-corrected chi connectivity index (χ0v) is 9.62. The first kappa shape index (κ1) is 12.5. The highest BCUT2D eigenvalue weighted by molar-refractivity contribution is 5.93. The SMILES string of the molecule is Nc1n[nH]c(C(=O)N[C@H](Cc2cnc[nH]2)C(=O)O)n1. The maximum Gasteiger partial charge on any atom is 0.326 e. The van der Waals surface area contributed by atoms with Crippen LogP contribution < -0.4 is 11.1 Å². The lowest BCUT2D eigenvalue weighted by Gasteiger charge is -2.12. The summed E-state index contributed by atoms with van der Waals surface area (Å²) in [6.07, 6.45) is 2.98. The van der Waals surface area contributed by atoms with Gasteiger partial charge in [-0.2, -0.15) is 4.98 Å². The Bertz CT molecular complexity index is 576. The molecule has 19 heavy (non-hydrogen) atoms. The number of carbonyl (C=O) groups is 2. The molecular weight excluding hydrogens is 254 g/mol. The fourth-order valence-electron chi connectivity index (χ4n) is 1.42. The second-order valence-electron chi connectivity index (χ2n) is 3.69. The molecule has 0 bridgehead atoms. The number of aromatic amines is 2. The first-order valence-corrected chi connectivity index (χ1v) is 5.25. The Morgan fingerprint density at radius 3 is 2.84 bits per heavy atom. The largest absolute Gasteiger partial charge is 0.480 e. The van der Waals surface area contributed by atoms with Crippen molar-refractivity contribution >= 4 is 17.8 Å². The smallest absolute Gasteiger partial charge is 0.326 e. The third-order valence-electron chi connectivity index (χ3n) is 2.30. The van der Waals surface area contributed by atoms with Crippen molar-refractivity contribution < 1.29 is 14.7 Å². The van der Waals surface area contributed by atoms with Gasteiger partial charge in [-0.15, -0.1) is 5.10 Å². The number of carboxylic acids is 1. The summed E-state index contributed by atoms with van der Waals surface area (Å²) in [5.41, 5.74) is 5.84. The summed E-state index contributed by atoms with van der Waals surface area (Å²) in [6, 6.07) is -1.11. The zero-order chi connectivity index (χ0) is 13.8. The van der Waals surface area contributed by atoms with Crippen LogP contribution in [0.3, 0.4) is 0 Å². The molecule has 0 saturated carbocycles. The molecule has 0 radical (unpaired) electrons. The Morgan fingerprint density at radius 2 is 2.32 bits per heavy atom. The summed E-state index contributed by atoms with van der Waals surface area (Å²) < 4.78 is 0. The van der Waals surface area contributed by atoms with Gasteiger partial charge in [-0.05, 0) is 0 Å². The highest BCUT2D eigenvalue weighted by atomic mass is 16.4. The van der Waals surface area contributed by atoms with Crippen LogP contribution in [-0.4, -0.2) is 48.2 Å². The highest BCUT2D eigenvalue weighted by Gasteiger charge is 2.23. The number of H-pyrrole nitrogens is 2. The number of aliphatic carboxylic acids is 1. The molecular formula is C9H11N7O3. The van der Waals surface area contributed by atoms with Crippen LogP contribution in [0, 0.1) is 0 Å². The Labute approximate surface area is 106 Å². The van der Waals surface area contributed by atoms with Gasteiger partial charge in [-0.1, -0.05) is 0 Å². The lowest BCUT2D eigenvalue weighted by molar-refractivity contribution is -0.139. The Balaban J connectivity index is 2.04. The van der Waals surface area contributed by atoms with Crippen LogP contribution in [-0.2, 0) is 11.2 Å². The molecule has 0 fully saturated rings. The van der Waals surface area contributed by atoms with Crippen LogP contribution in [0.4, 0.5) is 5.95 Å². The normalized spacial score (nSPS) is 12.0. The van der Waals surface area contributed by atoms with Gasteiger partial charge >= 0.3 is 5.97 Å². The predicted octanol–water partition coefficient (Wildman–Crippen LogP) is -1.46. The van der Waals surface area contributed by atoms with E-state index in [1.165, 1.54) is 12.5 Å². The third-order valence-corrected chi connectivity index (χ3v) is 2.30. The number of amides is 1. The number of nitrogens with one attached hydrogen (secondary N) is 3. The van der Waals surface area contributed by atoms with Crippen LogP contribution >= 0.6 is 0 Å². The van der Waals surface area contributed by atoms with E-state index in [1.807, 2.05) is 0 Å². The van der Waals surface area contributed by atoms with Gasteiger partial charge in [0.15, 0.2) is 0 Å². The summed E-state index contributed by atoms with van der Waals surface area (Å²) in [7, 11) is 0. The minimum absolute atomic E-state index is 0.0741. The minimum Gasteiger partial charge on any atom is -0.480 e. The molecule has 0 aliphatic carbocycles. The van der Waals surface area contributed by atoms with Gasteiger partial charge in [0.2, 0.25) is 11.8 Å². The number of nitrogen functional groups attached to an aromatic ring is 1. The van der Waals surface area contributed by atoms with Crippen molar-refractivity contribution in [3.8, 4) is 0 Å². The number of hydrogen-bond acceptors (Lipinski definition) is 6. The van der Waals surface area contributed by atoms with E-state index in [1.54, 1.807) is 0 Å². The van der Waals surface area contributed by atoms with Gasteiger partial charge < -0.3 is 21.1 Å². The quantitative estimate of drug-likeness (QED) is 0.440. The molecule has 10 heteroatoms. The van der Waals surface area contributed by atoms with E-state index in [0.717, 1.165) is 0 Å². The molecule has 0 unspecified atom stereocenters. The van der Waals surface area contributed by atoms with E-state index in [4.69, 9.17) is 10.8 Å². The van der Waals surface area contributed by atoms with Crippen molar-refractivity contribution in [3.63, 3.8) is 0 Å². The molecule has 0 spiro atoms. The van der Waals surface area contributed by atoms with Crippen molar-refractivity contribution in [1.82, 2.24) is 30.5 Å². The number of rotatable bonds is 5. The topological polar surface area (TPSA) is 163 Å². The van der Waals surface area contributed by atoms with Crippen LogP contribution in [0.25, 0.3) is 0 Å². The van der Waals surface area contributed by atoms with Crippen molar-refractivity contribution in [2.75, 3.05) is 5.73 Å². The maximum absolute atomic E-state index is 11.7. The standard InChI is InChI=1S/C9H11N7O3/c10-9-14-6(15-16-9)7(17)13-5(8(18)19)1-4-2-11-3-12-4/h2-3,5H,1H2,(H,11,12)(H,13,17)(H,18,19)(H3,10,14,15,16)/t5-/m1/s1. The number of aromatic nitrogens is 5. The molecule has 100 valence electrons. The molecule has 0 aliphatic heterocycles. The number of carboxylic acid groups (broad SMARTS) is 1. The number of carbonyl (C=O) groups excluding carboxylic acids is 1. The minimum atomic E-state index is -1.17. The molecule has 0 aromatic carbocycles. The Hall–Kier alpha value is -2.91. The van der Waals surface area contributed by atoms with Crippen molar-refractivity contribution in [2.24, 2.45) is 0 Å². The molecule has 0 saturated heterocycles. The van der Waals surface area contributed by atoms with Gasteiger partial charge in [0, 0.05) is 18.3 Å². The summed E-state index contributed by atoms with van der Waals surface area (Å²) >= 11 is 0. The van der Waals surface area contributed by atoms with E-state index >= 15 is 0 Å². The number of nitrogens with zero attached hydrogens (tertiary/aromatic N) is 3. The molecule has 2 aromatic heterocycles. The number of nitrogens with two attached hydrogens (primary N) is 1. The molecule has 2 aromatic rings. The predicted molar refractivity (Wildman–Crippen MR) is 62.0 cm³/mol. The van der Waals surface area contributed by atoms with Gasteiger partial charge in [0.25, 0.3) is 5.91 Å². The lowest BCUT2D eigenvalue weighted by Crippen LogP contribution is -2.42. The van der Waals surface area contributed by atoms with Gasteiger partial charge in [0.1, 0.15) is 6.04 Å². The van der Waals surface area contributed by atoms with E-state index < -0.39 is 17.9 Å². The molecule has 2 rings (SSSR count). The van der Waals surface area contributed by atoms with Gasteiger partial charge in [0.05, 0.1) is 6.33 Å². The average Bonchev–Trinajstić information content (AvgIpc) is 2.99. The third kappa shape index (κ3) is 3.06. The van der Waals surface area contributed by atoms with E-state index in [9.17, 15) is 9.59 Å². The van der Waals surface area contributed by atoms with Crippen LogP contribution in [0.1, 0.15) is 16.3 Å². The molecule has 2 heterocycles. The summed E-state index contributed by atoms with van der Waals surface area (Å²) in [6.45, 7) is 0. The summed E-state index contributed by atoms with van der Waals surface area (Å²) in [5.74, 6) is -2.11. The van der Waals surface area contributed by atoms with Crippen LogP contribution in [0.2, 0.25) is 0 Å². The fraction of sp³-hybridized carbons (Fsp3) is 0.222. The second kappa shape index (κ2) is 5.16. The summed E-state index contributed by atoms with van der Waals surface area (Å²) in [4.78, 5) is 32.9. The highest BCUT2D eigenvalue weighted by Crippen LogP contribution is 2.01. The van der Waals surface area contributed by atoms with Crippen LogP contribution in [0.15, 0.2) is 12.5 Å². The lowest BCUT2D eigenvalue weighted by atomic mass is 10.1. The molecule has 6 N–H and O–H groups in total. The maximum atomic E-state index is 11.7. The Morgan fingerprint density at radius 1 is 1.53 bits per heavy atom. The van der Waals surface area contributed by atoms with Crippen molar-refractivity contribution in [1.29, 1.82) is 0 Å². The van der Waals surface area contributed by atoms with Gasteiger partial charge in [-0.3, -0.25) is 9.89 Å². The number of hydrogen-bond donors (Lipinski definition) is 5. The second-order valence-corrected chi connectivity index (χ2v) is 3.69. The monoisotopic (exact) mass is 265 g/mol. The first-order valence-electron chi connectivity index (χ1n) is 5.25. The molecule has 10 nitrogen and oxygen atoms in total. The summed E-state index contributed by atoms with van der Waals surface area (Å²) in [5, 5.41) is 17.1.